The van der Waals surface area contributed by atoms with Crippen molar-refractivity contribution in [3.05, 3.63) is 59.2 Å². The average Bonchev–Trinajstić information content (AvgIpc) is 3.47. The van der Waals surface area contributed by atoms with Crippen molar-refractivity contribution in [2.24, 2.45) is 0 Å². The second-order valence-corrected chi connectivity index (χ2v) is 7.59. The van der Waals surface area contributed by atoms with Crippen molar-refractivity contribution in [2.45, 2.75) is 38.1 Å². The Hall–Kier alpha value is -2.65. The first-order valence-corrected chi connectivity index (χ1v) is 9.74. The first kappa shape index (κ1) is 20.6. The summed E-state index contributed by atoms with van der Waals surface area (Å²) in [5.41, 5.74) is 0.104. The zero-order valence-corrected chi connectivity index (χ0v) is 16.5. The number of carbonyl (C=O) groups excluding carboxylic acids is 1. The number of halogens is 3. The van der Waals surface area contributed by atoms with Crippen LogP contribution < -0.4 is 10.1 Å². The molecule has 2 aliphatic rings. The van der Waals surface area contributed by atoms with Crippen LogP contribution in [0.2, 0.25) is 0 Å². The number of amides is 1. The third kappa shape index (κ3) is 4.41. The molecule has 1 unspecified atom stereocenters. The van der Waals surface area contributed by atoms with Gasteiger partial charge in [-0.3, -0.25) is 10.1 Å². The summed E-state index contributed by atoms with van der Waals surface area (Å²) in [7, 11) is 0. The SMILES string of the molecule is CC(=O)N1CCOC(NC2(c3cc(F)cc(F)c3OCc3ccnc(F)c3)CC2)C1. The average molecular weight is 421 g/mol. The third-order valence-corrected chi connectivity index (χ3v) is 5.40. The molecule has 0 spiro atoms. The lowest BCUT2D eigenvalue weighted by Crippen LogP contribution is -2.53. The van der Waals surface area contributed by atoms with E-state index >= 15 is 0 Å². The summed E-state index contributed by atoms with van der Waals surface area (Å²) >= 11 is 0. The fourth-order valence-electron chi connectivity index (χ4n) is 3.70. The number of nitrogens with one attached hydrogen (secondary N) is 1. The number of morpholine rings is 1. The molecule has 4 rings (SSSR count). The molecule has 1 amide bonds. The molecule has 0 radical (unpaired) electrons. The molecule has 30 heavy (non-hydrogen) atoms. The van der Waals surface area contributed by atoms with Crippen LogP contribution in [0.3, 0.4) is 0 Å². The first-order chi connectivity index (χ1) is 14.4. The number of rotatable bonds is 6. The summed E-state index contributed by atoms with van der Waals surface area (Å²) < 4.78 is 53.4. The Balaban J connectivity index is 1.56. The van der Waals surface area contributed by atoms with Gasteiger partial charge in [-0.05, 0) is 36.6 Å². The molecule has 1 aliphatic heterocycles. The monoisotopic (exact) mass is 421 g/mol. The summed E-state index contributed by atoms with van der Waals surface area (Å²) in [5.74, 6) is -2.35. The molecule has 1 aromatic carbocycles. The van der Waals surface area contributed by atoms with Crippen molar-refractivity contribution in [1.29, 1.82) is 0 Å². The second kappa shape index (κ2) is 8.23. The van der Waals surface area contributed by atoms with Gasteiger partial charge in [-0.2, -0.15) is 4.39 Å². The first-order valence-electron chi connectivity index (χ1n) is 9.74. The minimum atomic E-state index is -0.831. The Kier molecular flexibility index (Phi) is 5.66. The van der Waals surface area contributed by atoms with Crippen LogP contribution in [-0.2, 0) is 21.7 Å². The number of aromatic nitrogens is 1. The van der Waals surface area contributed by atoms with Crippen LogP contribution in [-0.4, -0.2) is 41.7 Å². The molecule has 160 valence electrons. The largest absolute Gasteiger partial charge is 0.485 e. The molecular formula is C21H22F3N3O3. The number of hydrogen-bond acceptors (Lipinski definition) is 5. The fraction of sp³-hybridized carbons (Fsp3) is 0.429. The molecule has 1 aliphatic carbocycles. The Morgan fingerprint density at radius 3 is 2.83 bits per heavy atom. The van der Waals surface area contributed by atoms with Crippen LogP contribution in [0.1, 0.15) is 30.9 Å². The molecule has 1 saturated carbocycles. The lowest BCUT2D eigenvalue weighted by atomic mass is 10.0. The molecule has 2 fully saturated rings. The van der Waals surface area contributed by atoms with Gasteiger partial charge < -0.3 is 14.4 Å². The summed E-state index contributed by atoms with van der Waals surface area (Å²) in [6.07, 6.45) is 2.10. The van der Waals surface area contributed by atoms with E-state index in [4.69, 9.17) is 9.47 Å². The molecule has 0 bridgehead atoms. The lowest BCUT2D eigenvalue weighted by Gasteiger charge is -2.35. The topological polar surface area (TPSA) is 63.7 Å². The molecule has 1 N–H and O–H groups in total. The predicted molar refractivity (Wildman–Crippen MR) is 101 cm³/mol. The number of benzene rings is 1. The molecule has 9 heteroatoms. The maximum Gasteiger partial charge on any atom is 0.219 e. The van der Waals surface area contributed by atoms with Crippen molar-refractivity contribution >= 4 is 5.91 Å². The van der Waals surface area contributed by atoms with Crippen LogP contribution in [0.5, 0.6) is 5.75 Å². The van der Waals surface area contributed by atoms with Crippen LogP contribution >= 0.6 is 0 Å². The van der Waals surface area contributed by atoms with Gasteiger partial charge in [-0.25, -0.2) is 13.8 Å². The Morgan fingerprint density at radius 1 is 1.33 bits per heavy atom. The van der Waals surface area contributed by atoms with E-state index in [1.165, 1.54) is 25.3 Å². The highest BCUT2D eigenvalue weighted by atomic mass is 19.1. The van der Waals surface area contributed by atoms with E-state index in [2.05, 4.69) is 10.3 Å². The summed E-state index contributed by atoms with van der Waals surface area (Å²) in [6, 6.07) is 4.76. The van der Waals surface area contributed by atoms with Crippen LogP contribution in [0, 0.1) is 17.6 Å². The number of pyridine rings is 1. The van der Waals surface area contributed by atoms with Crippen molar-refractivity contribution < 1.29 is 27.4 Å². The minimum Gasteiger partial charge on any atom is -0.485 e. The molecule has 6 nitrogen and oxygen atoms in total. The van der Waals surface area contributed by atoms with E-state index in [9.17, 15) is 18.0 Å². The number of hydrogen-bond donors (Lipinski definition) is 1. The second-order valence-electron chi connectivity index (χ2n) is 7.59. The minimum absolute atomic E-state index is 0.0552. The van der Waals surface area contributed by atoms with E-state index in [1.807, 2.05) is 0 Å². The van der Waals surface area contributed by atoms with Gasteiger partial charge in [-0.15, -0.1) is 0 Å². The van der Waals surface area contributed by atoms with Crippen molar-refractivity contribution in [3.63, 3.8) is 0 Å². The third-order valence-electron chi connectivity index (χ3n) is 5.40. The van der Waals surface area contributed by atoms with Crippen molar-refractivity contribution in [1.82, 2.24) is 15.2 Å². The van der Waals surface area contributed by atoms with Crippen molar-refractivity contribution in [2.75, 3.05) is 19.7 Å². The lowest BCUT2D eigenvalue weighted by molar-refractivity contribution is -0.138. The maximum absolute atomic E-state index is 14.6. The van der Waals surface area contributed by atoms with Gasteiger partial charge >= 0.3 is 0 Å². The van der Waals surface area contributed by atoms with E-state index in [-0.39, 0.29) is 18.3 Å². The molecule has 2 aromatic rings. The Morgan fingerprint density at radius 2 is 2.13 bits per heavy atom. The van der Waals surface area contributed by atoms with E-state index in [0.717, 1.165) is 6.07 Å². The predicted octanol–water partition coefficient (Wildman–Crippen LogP) is 2.86. The summed E-state index contributed by atoms with van der Waals surface area (Å²) in [5, 5.41) is 3.31. The van der Waals surface area contributed by atoms with Gasteiger partial charge in [0.05, 0.1) is 13.2 Å². The quantitative estimate of drug-likeness (QED) is 0.727. The highest BCUT2D eigenvalue weighted by Crippen LogP contribution is 2.50. The van der Waals surface area contributed by atoms with Gasteiger partial charge in [0, 0.05) is 36.8 Å². The molecular weight excluding hydrogens is 399 g/mol. The number of carbonyl (C=O) groups is 1. The van der Waals surface area contributed by atoms with Crippen LogP contribution in [0.25, 0.3) is 0 Å². The van der Waals surface area contributed by atoms with E-state index in [1.54, 1.807) is 11.0 Å². The molecule has 1 atom stereocenters. The zero-order valence-electron chi connectivity index (χ0n) is 16.5. The van der Waals surface area contributed by atoms with Gasteiger partial charge in [0.15, 0.2) is 11.6 Å². The zero-order chi connectivity index (χ0) is 21.3. The van der Waals surface area contributed by atoms with Gasteiger partial charge in [0.2, 0.25) is 11.9 Å². The van der Waals surface area contributed by atoms with Gasteiger partial charge in [0.25, 0.3) is 0 Å². The summed E-state index contributed by atoms with van der Waals surface area (Å²) in [4.78, 5) is 16.8. The van der Waals surface area contributed by atoms with Crippen LogP contribution in [0.15, 0.2) is 30.5 Å². The summed E-state index contributed by atoms with van der Waals surface area (Å²) in [6.45, 7) is 2.63. The van der Waals surface area contributed by atoms with Gasteiger partial charge in [0.1, 0.15) is 18.7 Å². The highest BCUT2D eigenvalue weighted by Gasteiger charge is 2.49. The number of ether oxygens (including phenoxy) is 2. The highest BCUT2D eigenvalue weighted by molar-refractivity contribution is 5.73. The Labute approximate surface area is 172 Å². The van der Waals surface area contributed by atoms with Gasteiger partial charge in [-0.1, -0.05) is 0 Å². The van der Waals surface area contributed by atoms with E-state index < -0.39 is 29.3 Å². The van der Waals surface area contributed by atoms with E-state index in [0.29, 0.717) is 43.7 Å². The van der Waals surface area contributed by atoms with Crippen LogP contribution in [0.4, 0.5) is 13.2 Å². The van der Waals surface area contributed by atoms with Crippen molar-refractivity contribution in [3.8, 4) is 5.75 Å². The maximum atomic E-state index is 14.6. The standard InChI is InChI=1S/C21H22F3N3O3/c1-13(28)27-6-7-29-19(11-27)26-21(3-4-21)16-9-15(22)10-17(23)20(16)30-12-14-2-5-25-18(24)8-14/h2,5,8-10,19,26H,3-4,6-7,11-12H2,1H3. The molecule has 1 saturated heterocycles. The smallest absolute Gasteiger partial charge is 0.219 e. The molecule has 1 aromatic heterocycles. The fourth-order valence-corrected chi connectivity index (χ4v) is 3.70. The normalized spacial score (nSPS) is 20.1. The Bertz CT molecular complexity index is 952. The molecule has 2 heterocycles. The number of nitrogens with zero attached hydrogens (tertiary/aromatic N) is 2.